The summed E-state index contributed by atoms with van der Waals surface area (Å²) < 4.78 is 1.78. The molecule has 8 heteroatoms. The van der Waals surface area contributed by atoms with E-state index in [0.717, 1.165) is 4.90 Å². The first-order chi connectivity index (χ1) is 12.6. The molecule has 1 aliphatic rings. The van der Waals surface area contributed by atoms with Crippen LogP contribution in [0.5, 0.6) is 0 Å². The summed E-state index contributed by atoms with van der Waals surface area (Å²) in [5.74, 6) is -0.382. The van der Waals surface area contributed by atoms with Crippen LogP contribution in [-0.4, -0.2) is 43.8 Å². The Morgan fingerprint density at radius 3 is 2.38 bits per heavy atom. The van der Waals surface area contributed by atoms with Gasteiger partial charge in [0, 0.05) is 19.2 Å². The van der Waals surface area contributed by atoms with E-state index in [9.17, 15) is 14.4 Å². The molecule has 8 nitrogen and oxygen atoms in total. The molecule has 0 aliphatic carbocycles. The minimum absolute atomic E-state index is 0.0300. The lowest BCUT2D eigenvalue weighted by atomic mass is 10.1. The lowest BCUT2D eigenvalue weighted by molar-refractivity contribution is -0.121. The molecule has 1 aliphatic heterocycles. The first kappa shape index (κ1) is 15.9. The van der Waals surface area contributed by atoms with Crippen molar-refractivity contribution in [2.24, 2.45) is 0 Å². The summed E-state index contributed by atoms with van der Waals surface area (Å²) in [4.78, 5) is 37.7. The summed E-state index contributed by atoms with van der Waals surface area (Å²) in [6, 6.07) is 12.2. The van der Waals surface area contributed by atoms with Gasteiger partial charge in [-0.1, -0.05) is 18.2 Å². The zero-order valence-corrected chi connectivity index (χ0v) is 13.8. The Bertz CT molecular complexity index is 991. The zero-order chi connectivity index (χ0) is 18.1. The summed E-state index contributed by atoms with van der Waals surface area (Å²) in [7, 11) is 0. The van der Waals surface area contributed by atoms with E-state index in [1.807, 2.05) is 24.4 Å². The van der Waals surface area contributed by atoms with Crippen molar-refractivity contribution in [3.8, 4) is 0 Å². The maximum Gasteiger partial charge on any atom is 0.261 e. The molecule has 3 amide bonds. The highest BCUT2D eigenvalue weighted by molar-refractivity contribution is 6.21. The fourth-order valence-electron chi connectivity index (χ4n) is 2.93. The fraction of sp³-hybridized carbons (Fsp3) is 0.167. The van der Waals surface area contributed by atoms with Gasteiger partial charge in [0.2, 0.25) is 5.91 Å². The Morgan fingerprint density at radius 2 is 1.65 bits per heavy atom. The van der Waals surface area contributed by atoms with Gasteiger partial charge in [0.05, 0.1) is 17.7 Å². The third-order valence-corrected chi connectivity index (χ3v) is 4.27. The molecule has 0 bridgehead atoms. The van der Waals surface area contributed by atoms with Crippen molar-refractivity contribution in [2.75, 3.05) is 6.54 Å². The van der Waals surface area contributed by atoms with Gasteiger partial charge < -0.3 is 5.32 Å². The number of fused-ring (bicyclic) bond motifs is 2. The third-order valence-electron chi connectivity index (χ3n) is 4.27. The molecule has 4 rings (SSSR count). The standard InChI is InChI=1S/C18H15N5O3/c24-16(19-11-15-21-20-14-7-3-4-9-22(14)15)8-10-23-17(25)12-5-1-2-6-13(12)18(23)26/h1-7,9H,8,10-11H2,(H,19,24). The molecular weight excluding hydrogens is 334 g/mol. The number of nitrogens with zero attached hydrogens (tertiary/aromatic N) is 4. The monoisotopic (exact) mass is 349 g/mol. The summed E-state index contributed by atoms with van der Waals surface area (Å²) in [5.41, 5.74) is 1.46. The Morgan fingerprint density at radius 1 is 0.962 bits per heavy atom. The molecule has 1 N–H and O–H groups in total. The molecule has 0 fully saturated rings. The van der Waals surface area contributed by atoms with E-state index in [2.05, 4.69) is 15.5 Å². The van der Waals surface area contributed by atoms with Crippen molar-refractivity contribution in [1.82, 2.24) is 24.8 Å². The number of pyridine rings is 1. The Hall–Kier alpha value is -3.55. The van der Waals surface area contributed by atoms with E-state index in [1.54, 1.807) is 28.7 Å². The smallest absolute Gasteiger partial charge is 0.261 e. The van der Waals surface area contributed by atoms with Crippen LogP contribution < -0.4 is 5.32 Å². The van der Waals surface area contributed by atoms with Crippen LogP contribution in [0.25, 0.3) is 5.65 Å². The second-order valence-corrected chi connectivity index (χ2v) is 5.88. The highest BCUT2D eigenvalue weighted by Gasteiger charge is 2.34. The Kier molecular flexibility index (Phi) is 3.92. The van der Waals surface area contributed by atoms with E-state index in [1.165, 1.54) is 0 Å². The topological polar surface area (TPSA) is 96.7 Å². The van der Waals surface area contributed by atoms with Crippen molar-refractivity contribution >= 4 is 23.4 Å². The van der Waals surface area contributed by atoms with E-state index in [4.69, 9.17) is 0 Å². The summed E-state index contributed by atoms with van der Waals surface area (Å²) >= 11 is 0. The van der Waals surface area contributed by atoms with Crippen LogP contribution in [0, 0.1) is 0 Å². The fourth-order valence-corrected chi connectivity index (χ4v) is 2.93. The van der Waals surface area contributed by atoms with Crippen LogP contribution in [0.3, 0.4) is 0 Å². The molecule has 0 spiro atoms. The normalized spacial score (nSPS) is 13.3. The SMILES string of the molecule is O=C(CCN1C(=O)c2ccccc2C1=O)NCc1nnc2ccccn12. The molecule has 1 aromatic carbocycles. The molecule has 130 valence electrons. The van der Waals surface area contributed by atoms with Crippen molar-refractivity contribution in [2.45, 2.75) is 13.0 Å². The number of benzene rings is 1. The first-order valence-corrected chi connectivity index (χ1v) is 8.16. The minimum Gasteiger partial charge on any atom is -0.349 e. The number of nitrogens with one attached hydrogen (secondary N) is 1. The van der Waals surface area contributed by atoms with Gasteiger partial charge in [0.25, 0.3) is 11.8 Å². The molecule has 3 heterocycles. The lowest BCUT2D eigenvalue weighted by Crippen LogP contribution is -2.34. The second-order valence-electron chi connectivity index (χ2n) is 5.88. The maximum absolute atomic E-state index is 12.3. The van der Waals surface area contributed by atoms with Crippen LogP contribution in [0.1, 0.15) is 33.0 Å². The average Bonchev–Trinajstić information content (AvgIpc) is 3.19. The van der Waals surface area contributed by atoms with Gasteiger partial charge in [-0.05, 0) is 24.3 Å². The van der Waals surface area contributed by atoms with Gasteiger partial charge in [-0.2, -0.15) is 0 Å². The molecule has 0 saturated carbocycles. The van der Waals surface area contributed by atoms with Crippen molar-refractivity contribution < 1.29 is 14.4 Å². The van der Waals surface area contributed by atoms with Crippen LogP contribution >= 0.6 is 0 Å². The van der Waals surface area contributed by atoms with Gasteiger partial charge in [0.1, 0.15) is 0 Å². The van der Waals surface area contributed by atoms with E-state index in [-0.39, 0.29) is 37.2 Å². The maximum atomic E-state index is 12.3. The van der Waals surface area contributed by atoms with Crippen LogP contribution in [0.15, 0.2) is 48.7 Å². The quantitative estimate of drug-likeness (QED) is 0.694. The lowest BCUT2D eigenvalue weighted by Gasteiger charge is -2.13. The second kappa shape index (κ2) is 6.40. The molecule has 2 aromatic heterocycles. The van der Waals surface area contributed by atoms with Gasteiger partial charge in [-0.25, -0.2) is 0 Å². The first-order valence-electron chi connectivity index (χ1n) is 8.16. The van der Waals surface area contributed by atoms with Crippen molar-refractivity contribution in [3.05, 3.63) is 65.6 Å². The van der Waals surface area contributed by atoms with Gasteiger partial charge in [-0.3, -0.25) is 23.7 Å². The van der Waals surface area contributed by atoms with E-state index < -0.39 is 0 Å². The highest BCUT2D eigenvalue weighted by Crippen LogP contribution is 2.22. The van der Waals surface area contributed by atoms with E-state index in [0.29, 0.717) is 22.6 Å². The van der Waals surface area contributed by atoms with Crippen LogP contribution in [0.4, 0.5) is 0 Å². The summed E-state index contributed by atoms with van der Waals surface area (Å²) in [6.45, 7) is 0.255. The number of amides is 3. The number of rotatable bonds is 5. The predicted octanol–water partition coefficient (Wildman–Crippen LogP) is 1.03. The molecule has 0 saturated heterocycles. The molecular formula is C18H15N5O3. The van der Waals surface area contributed by atoms with Crippen LogP contribution in [0.2, 0.25) is 0 Å². The van der Waals surface area contributed by atoms with Crippen molar-refractivity contribution in [3.63, 3.8) is 0 Å². The Labute approximate surface area is 148 Å². The number of hydrogen-bond acceptors (Lipinski definition) is 5. The van der Waals surface area contributed by atoms with Crippen LogP contribution in [-0.2, 0) is 11.3 Å². The highest BCUT2D eigenvalue weighted by atomic mass is 16.2. The summed E-state index contributed by atoms with van der Waals surface area (Å²) in [6.07, 6.45) is 1.85. The zero-order valence-electron chi connectivity index (χ0n) is 13.8. The largest absolute Gasteiger partial charge is 0.349 e. The third kappa shape index (κ3) is 2.71. The molecule has 0 radical (unpaired) electrons. The number of imide groups is 1. The number of aromatic nitrogens is 3. The number of hydrogen-bond donors (Lipinski definition) is 1. The summed E-state index contributed by atoms with van der Waals surface area (Å²) in [5, 5.41) is 10.8. The average molecular weight is 349 g/mol. The number of carbonyl (C=O) groups is 3. The molecule has 0 unspecified atom stereocenters. The van der Waals surface area contributed by atoms with Gasteiger partial charge in [0.15, 0.2) is 11.5 Å². The molecule has 3 aromatic rings. The minimum atomic E-state index is -0.359. The molecule has 0 atom stereocenters. The van der Waals surface area contributed by atoms with Crippen molar-refractivity contribution in [1.29, 1.82) is 0 Å². The van der Waals surface area contributed by atoms with E-state index >= 15 is 0 Å². The Balaban J connectivity index is 1.35. The van der Waals surface area contributed by atoms with Gasteiger partial charge in [-0.15, -0.1) is 10.2 Å². The molecule has 26 heavy (non-hydrogen) atoms. The predicted molar refractivity (Wildman–Crippen MR) is 91.3 cm³/mol. The number of carbonyl (C=O) groups excluding carboxylic acids is 3. The van der Waals surface area contributed by atoms with Gasteiger partial charge >= 0.3 is 0 Å².